The van der Waals surface area contributed by atoms with Crippen LogP contribution >= 0.6 is 0 Å². The molecule has 0 aliphatic heterocycles. The minimum atomic E-state index is 0.0275. The highest BCUT2D eigenvalue weighted by Gasteiger charge is 2.41. The standard InChI is InChI=1S/C27H24N2/c1-3-7-25-23(5-1)24-6-2-4-8-26(24)27(25,15-9-21-11-17-28-18-12-21)16-10-22-13-19-29-20-14-22/h1-8,11-14,17-20H,9-10,15-16H2. The van der Waals surface area contributed by atoms with Gasteiger partial charge in [0.15, 0.2) is 0 Å². The number of nitrogens with zero attached hydrogens (tertiary/aromatic N) is 2. The largest absolute Gasteiger partial charge is 0.265 e. The summed E-state index contributed by atoms with van der Waals surface area (Å²) in [5.41, 5.74) is 8.48. The molecule has 1 aliphatic carbocycles. The molecule has 2 heterocycles. The third kappa shape index (κ3) is 3.25. The maximum Gasteiger partial charge on any atom is 0.0270 e. The molecule has 0 saturated heterocycles. The summed E-state index contributed by atoms with van der Waals surface area (Å²) in [4.78, 5) is 8.37. The van der Waals surface area contributed by atoms with Crippen LogP contribution in [-0.4, -0.2) is 9.97 Å². The molecule has 0 radical (unpaired) electrons. The molecule has 0 spiro atoms. The second-order valence-electron chi connectivity index (χ2n) is 7.88. The summed E-state index contributed by atoms with van der Waals surface area (Å²) in [5.74, 6) is 0. The zero-order valence-corrected chi connectivity index (χ0v) is 16.5. The second-order valence-corrected chi connectivity index (χ2v) is 7.88. The lowest BCUT2D eigenvalue weighted by Gasteiger charge is -2.33. The average molecular weight is 377 g/mol. The average Bonchev–Trinajstić information content (AvgIpc) is 3.08. The summed E-state index contributed by atoms with van der Waals surface area (Å²) in [7, 11) is 0. The third-order valence-corrected chi connectivity index (χ3v) is 6.36. The van der Waals surface area contributed by atoms with Gasteiger partial charge in [-0.25, -0.2) is 0 Å². The van der Waals surface area contributed by atoms with Crippen LogP contribution in [0.4, 0.5) is 0 Å². The van der Waals surface area contributed by atoms with E-state index < -0.39 is 0 Å². The highest BCUT2D eigenvalue weighted by molar-refractivity contribution is 5.81. The van der Waals surface area contributed by atoms with Gasteiger partial charge in [-0.15, -0.1) is 0 Å². The van der Waals surface area contributed by atoms with E-state index in [2.05, 4.69) is 82.8 Å². The maximum atomic E-state index is 4.18. The van der Waals surface area contributed by atoms with Crippen molar-refractivity contribution in [2.75, 3.05) is 0 Å². The highest BCUT2D eigenvalue weighted by Crippen LogP contribution is 2.53. The van der Waals surface area contributed by atoms with Gasteiger partial charge in [0.2, 0.25) is 0 Å². The molecule has 29 heavy (non-hydrogen) atoms. The Morgan fingerprint density at radius 1 is 0.517 bits per heavy atom. The molecule has 0 amide bonds. The van der Waals surface area contributed by atoms with E-state index in [0.717, 1.165) is 25.7 Å². The number of hydrogen-bond acceptors (Lipinski definition) is 2. The fraction of sp³-hybridized carbons (Fsp3) is 0.185. The van der Waals surface area contributed by atoms with Gasteiger partial charge < -0.3 is 0 Å². The Hall–Kier alpha value is -3.26. The van der Waals surface area contributed by atoms with Gasteiger partial charge in [-0.1, -0.05) is 48.5 Å². The first-order valence-corrected chi connectivity index (χ1v) is 10.3. The van der Waals surface area contributed by atoms with E-state index in [1.807, 2.05) is 24.8 Å². The van der Waals surface area contributed by atoms with Crippen molar-refractivity contribution in [3.63, 3.8) is 0 Å². The first kappa shape index (κ1) is 17.8. The third-order valence-electron chi connectivity index (χ3n) is 6.36. The number of fused-ring (bicyclic) bond motifs is 3. The number of aromatic nitrogens is 2. The van der Waals surface area contributed by atoms with Crippen LogP contribution in [0.5, 0.6) is 0 Å². The van der Waals surface area contributed by atoms with Crippen LogP contribution in [0, 0.1) is 0 Å². The molecule has 2 aromatic carbocycles. The molecule has 0 saturated carbocycles. The fourth-order valence-corrected chi connectivity index (χ4v) is 4.89. The predicted molar refractivity (Wildman–Crippen MR) is 118 cm³/mol. The van der Waals surface area contributed by atoms with Crippen molar-refractivity contribution < 1.29 is 0 Å². The molecule has 0 atom stereocenters. The van der Waals surface area contributed by atoms with Gasteiger partial charge >= 0.3 is 0 Å². The molecule has 4 aromatic rings. The van der Waals surface area contributed by atoms with Crippen LogP contribution in [0.25, 0.3) is 11.1 Å². The van der Waals surface area contributed by atoms with Gasteiger partial charge in [-0.2, -0.15) is 0 Å². The van der Waals surface area contributed by atoms with Crippen molar-refractivity contribution in [1.29, 1.82) is 0 Å². The van der Waals surface area contributed by atoms with Gasteiger partial charge in [-0.3, -0.25) is 9.97 Å². The fourth-order valence-electron chi connectivity index (χ4n) is 4.89. The van der Waals surface area contributed by atoms with Crippen LogP contribution in [0.15, 0.2) is 97.6 Å². The van der Waals surface area contributed by atoms with Gasteiger partial charge in [0.1, 0.15) is 0 Å². The lowest BCUT2D eigenvalue weighted by atomic mass is 9.70. The number of rotatable bonds is 6. The van der Waals surface area contributed by atoms with Crippen molar-refractivity contribution in [2.45, 2.75) is 31.1 Å². The van der Waals surface area contributed by atoms with E-state index in [-0.39, 0.29) is 5.41 Å². The number of pyridine rings is 2. The molecule has 5 rings (SSSR count). The lowest BCUT2D eigenvalue weighted by molar-refractivity contribution is 0.446. The summed E-state index contributed by atoms with van der Waals surface area (Å²) in [6.45, 7) is 0. The molecule has 0 bridgehead atoms. The van der Waals surface area contributed by atoms with Gasteiger partial charge in [0.25, 0.3) is 0 Å². The van der Waals surface area contributed by atoms with Crippen LogP contribution in [0.1, 0.15) is 35.1 Å². The lowest BCUT2D eigenvalue weighted by Crippen LogP contribution is -2.27. The van der Waals surface area contributed by atoms with E-state index in [9.17, 15) is 0 Å². The molecule has 2 aromatic heterocycles. The Morgan fingerprint density at radius 3 is 1.38 bits per heavy atom. The highest BCUT2D eigenvalue weighted by atomic mass is 14.6. The summed E-state index contributed by atoms with van der Waals surface area (Å²) in [6, 6.07) is 26.5. The zero-order chi connectivity index (χ0) is 19.5. The molecule has 2 heteroatoms. The minimum absolute atomic E-state index is 0.0275. The Kier molecular flexibility index (Phi) is 4.69. The summed E-state index contributed by atoms with van der Waals surface area (Å²) in [6.07, 6.45) is 11.9. The molecule has 142 valence electrons. The Labute approximate surface area is 172 Å². The molecule has 0 fully saturated rings. The van der Waals surface area contributed by atoms with Crippen molar-refractivity contribution in [1.82, 2.24) is 9.97 Å². The first-order chi connectivity index (χ1) is 14.4. The normalized spacial score (nSPS) is 13.7. The second kappa shape index (κ2) is 7.63. The number of hydrogen-bond donors (Lipinski definition) is 0. The predicted octanol–water partition coefficient (Wildman–Crippen LogP) is 6.01. The van der Waals surface area contributed by atoms with Crippen LogP contribution < -0.4 is 0 Å². The summed E-state index contributed by atoms with van der Waals surface area (Å²) >= 11 is 0. The van der Waals surface area contributed by atoms with Crippen molar-refractivity contribution in [2.24, 2.45) is 0 Å². The molecule has 0 unspecified atom stereocenters. The zero-order valence-electron chi connectivity index (χ0n) is 16.5. The Morgan fingerprint density at radius 2 is 0.931 bits per heavy atom. The minimum Gasteiger partial charge on any atom is -0.265 e. The summed E-state index contributed by atoms with van der Waals surface area (Å²) in [5, 5.41) is 0. The SMILES string of the molecule is c1ccc2c(c1)-c1ccccc1C2(CCc1ccncc1)CCc1ccncc1. The Bertz CT molecular complexity index is 1010. The van der Waals surface area contributed by atoms with Crippen LogP contribution in [0.2, 0.25) is 0 Å². The van der Waals surface area contributed by atoms with E-state index in [1.54, 1.807) is 0 Å². The van der Waals surface area contributed by atoms with Gasteiger partial charge in [0, 0.05) is 30.2 Å². The molecular formula is C27H24N2. The first-order valence-electron chi connectivity index (χ1n) is 10.3. The Balaban J connectivity index is 1.58. The number of aryl methyl sites for hydroxylation is 2. The van der Waals surface area contributed by atoms with Crippen molar-refractivity contribution >= 4 is 0 Å². The topological polar surface area (TPSA) is 25.8 Å². The monoisotopic (exact) mass is 376 g/mol. The number of benzene rings is 2. The molecule has 1 aliphatic rings. The molecule has 2 nitrogen and oxygen atoms in total. The van der Waals surface area contributed by atoms with Crippen LogP contribution in [-0.2, 0) is 18.3 Å². The van der Waals surface area contributed by atoms with E-state index in [1.165, 1.54) is 33.4 Å². The van der Waals surface area contributed by atoms with Crippen molar-refractivity contribution in [3.05, 3.63) is 120 Å². The van der Waals surface area contributed by atoms with E-state index in [0.29, 0.717) is 0 Å². The quantitative estimate of drug-likeness (QED) is 0.412. The molecule has 0 N–H and O–H groups in total. The van der Waals surface area contributed by atoms with Crippen LogP contribution in [0.3, 0.4) is 0 Å². The van der Waals surface area contributed by atoms with E-state index in [4.69, 9.17) is 0 Å². The van der Waals surface area contributed by atoms with Crippen molar-refractivity contribution in [3.8, 4) is 11.1 Å². The maximum absolute atomic E-state index is 4.18. The molecular weight excluding hydrogens is 352 g/mol. The summed E-state index contributed by atoms with van der Waals surface area (Å²) < 4.78 is 0. The van der Waals surface area contributed by atoms with Gasteiger partial charge in [-0.05, 0) is 83.3 Å². The smallest absolute Gasteiger partial charge is 0.0270 e. The van der Waals surface area contributed by atoms with E-state index >= 15 is 0 Å². The van der Waals surface area contributed by atoms with Gasteiger partial charge in [0.05, 0.1) is 0 Å².